The summed E-state index contributed by atoms with van der Waals surface area (Å²) in [5.41, 5.74) is 4.37. The first-order chi connectivity index (χ1) is 17.3. The van der Waals surface area contributed by atoms with Crippen LogP contribution in [0.25, 0.3) is 11.1 Å². The fourth-order valence-electron chi connectivity index (χ4n) is 5.32. The maximum Gasteiger partial charge on any atom is 0.243 e. The molecule has 0 aromatic heterocycles. The lowest BCUT2D eigenvalue weighted by atomic mass is 9.85. The van der Waals surface area contributed by atoms with Gasteiger partial charge in [0.15, 0.2) is 0 Å². The van der Waals surface area contributed by atoms with Crippen LogP contribution in [-0.4, -0.2) is 47.7 Å². The van der Waals surface area contributed by atoms with Gasteiger partial charge in [-0.05, 0) is 61.5 Å². The van der Waals surface area contributed by atoms with E-state index in [1.165, 1.54) is 10.5 Å². The molecule has 2 aromatic rings. The summed E-state index contributed by atoms with van der Waals surface area (Å²) in [6, 6.07) is 15.7. The van der Waals surface area contributed by atoms with Crippen LogP contribution in [-0.2, 0) is 27.5 Å². The normalized spacial score (nSPS) is 20.2. The zero-order valence-electron chi connectivity index (χ0n) is 21.7. The van der Waals surface area contributed by atoms with Crippen molar-refractivity contribution in [1.29, 1.82) is 0 Å². The molecule has 0 radical (unpaired) electrons. The highest BCUT2D eigenvalue weighted by atomic mass is 16.2. The molecule has 1 aliphatic heterocycles. The Labute approximate surface area is 214 Å². The van der Waals surface area contributed by atoms with Gasteiger partial charge >= 0.3 is 0 Å². The van der Waals surface area contributed by atoms with E-state index in [-0.39, 0.29) is 35.5 Å². The Morgan fingerprint density at radius 3 is 2.17 bits per heavy atom. The smallest absolute Gasteiger partial charge is 0.243 e. The minimum Gasteiger partial charge on any atom is -0.350 e. The number of allylic oxidation sites excluding steroid dienone is 2. The summed E-state index contributed by atoms with van der Waals surface area (Å²) < 4.78 is 0. The molecule has 1 saturated heterocycles. The highest BCUT2D eigenvalue weighted by Crippen LogP contribution is 2.37. The molecule has 36 heavy (non-hydrogen) atoms. The van der Waals surface area contributed by atoms with Crippen molar-refractivity contribution >= 4 is 17.7 Å². The van der Waals surface area contributed by atoms with E-state index in [0.29, 0.717) is 25.8 Å². The van der Waals surface area contributed by atoms with Crippen LogP contribution < -0.4 is 5.32 Å². The van der Waals surface area contributed by atoms with Crippen LogP contribution in [0.1, 0.15) is 44.2 Å². The first-order valence-corrected chi connectivity index (χ1v) is 12.9. The Balaban J connectivity index is 1.51. The van der Waals surface area contributed by atoms with Crippen molar-refractivity contribution in [3.63, 3.8) is 0 Å². The lowest BCUT2D eigenvalue weighted by molar-refractivity contribution is -0.148. The molecule has 1 heterocycles. The number of amides is 3. The molecule has 1 fully saturated rings. The average molecular weight is 488 g/mol. The van der Waals surface area contributed by atoms with Crippen molar-refractivity contribution in [2.75, 3.05) is 14.1 Å². The van der Waals surface area contributed by atoms with E-state index in [4.69, 9.17) is 0 Å². The molecule has 0 spiro atoms. The average Bonchev–Trinajstić information content (AvgIpc) is 3.11. The molecule has 0 unspecified atom stereocenters. The maximum atomic E-state index is 13.5. The van der Waals surface area contributed by atoms with Gasteiger partial charge in [-0.1, -0.05) is 74.5 Å². The molecule has 4 rings (SSSR count). The number of hydrogen-bond acceptors (Lipinski definition) is 4. The molecule has 1 N–H and O–H groups in total. The van der Waals surface area contributed by atoms with Crippen molar-refractivity contribution in [3.8, 4) is 11.1 Å². The second-order valence-electron chi connectivity index (χ2n) is 10.7. The Morgan fingerprint density at radius 2 is 1.58 bits per heavy atom. The van der Waals surface area contributed by atoms with Crippen LogP contribution in [0.5, 0.6) is 0 Å². The first kappa shape index (κ1) is 25.8. The molecule has 3 amide bonds. The maximum absolute atomic E-state index is 13.5. The van der Waals surface area contributed by atoms with Gasteiger partial charge in [0.05, 0.1) is 11.8 Å². The minimum atomic E-state index is -0.784. The SMILES string of the molecule is CC(C)C[C@@H](C(=O)NCc1ccccc1-c1ccc(CN(C)C)cc1)N1C(=O)[C@H]2CC=CC[C@H]2C1=O. The summed E-state index contributed by atoms with van der Waals surface area (Å²) in [7, 11) is 4.10. The zero-order chi connectivity index (χ0) is 25.8. The zero-order valence-corrected chi connectivity index (χ0v) is 21.7. The monoisotopic (exact) mass is 487 g/mol. The molecule has 3 atom stereocenters. The number of fused-ring (bicyclic) bond motifs is 1. The molecule has 6 heteroatoms. The van der Waals surface area contributed by atoms with Crippen LogP contribution in [0, 0.1) is 17.8 Å². The quantitative estimate of drug-likeness (QED) is 0.421. The molecule has 2 aromatic carbocycles. The van der Waals surface area contributed by atoms with Crippen LogP contribution in [0.4, 0.5) is 0 Å². The third-order valence-electron chi connectivity index (χ3n) is 7.08. The first-order valence-electron chi connectivity index (χ1n) is 12.9. The van der Waals surface area contributed by atoms with Crippen LogP contribution in [0.3, 0.4) is 0 Å². The number of carbonyl (C=O) groups excluding carboxylic acids is 3. The Kier molecular flexibility index (Phi) is 8.04. The van der Waals surface area contributed by atoms with Crippen LogP contribution in [0.15, 0.2) is 60.7 Å². The predicted octanol–water partition coefficient (Wildman–Crippen LogP) is 4.40. The number of likely N-dealkylation sites (tertiary alicyclic amines) is 1. The number of carbonyl (C=O) groups is 3. The molecular formula is C30H37N3O3. The number of nitrogens with one attached hydrogen (secondary N) is 1. The lowest BCUT2D eigenvalue weighted by Gasteiger charge is -2.27. The van der Waals surface area contributed by atoms with Gasteiger partial charge < -0.3 is 10.2 Å². The number of rotatable bonds is 9. The van der Waals surface area contributed by atoms with Gasteiger partial charge in [0.25, 0.3) is 0 Å². The van der Waals surface area contributed by atoms with E-state index >= 15 is 0 Å². The predicted molar refractivity (Wildman–Crippen MR) is 142 cm³/mol. The Morgan fingerprint density at radius 1 is 0.972 bits per heavy atom. The summed E-state index contributed by atoms with van der Waals surface area (Å²) in [5, 5.41) is 3.04. The van der Waals surface area contributed by atoms with Gasteiger partial charge in [-0.2, -0.15) is 0 Å². The van der Waals surface area contributed by atoms with E-state index in [1.54, 1.807) is 0 Å². The van der Waals surface area contributed by atoms with Gasteiger partial charge in [-0.3, -0.25) is 19.3 Å². The molecule has 6 nitrogen and oxygen atoms in total. The standard InChI is InChI=1S/C30H37N3O3/c1-20(2)17-27(33-29(35)25-11-7-8-12-26(25)30(33)36)28(34)31-18-23-9-5-6-10-24(23)22-15-13-21(14-16-22)19-32(3)4/h5-10,13-16,20,25-27H,11-12,17-19H2,1-4H3,(H,31,34)/t25-,26+,27-/m0/s1. The van der Waals surface area contributed by atoms with E-state index < -0.39 is 6.04 Å². The second-order valence-corrected chi connectivity index (χ2v) is 10.7. The van der Waals surface area contributed by atoms with E-state index in [9.17, 15) is 14.4 Å². The third kappa shape index (κ3) is 5.59. The van der Waals surface area contributed by atoms with Crippen LogP contribution >= 0.6 is 0 Å². The summed E-state index contributed by atoms with van der Waals surface area (Å²) in [6.45, 7) is 5.22. The van der Waals surface area contributed by atoms with Crippen molar-refractivity contribution in [2.24, 2.45) is 17.8 Å². The minimum absolute atomic E-state index is 0.162. The fraction of sp³-hybridized carbons (Fsp3) is 0.433. The number of nitrogens with zero attached hydrogens (tertiary/aromatic N) is 2. The fourth-order valence-corrected chi connectivity index (χ4v) is 5.32. The largest absolute Gasteiger partial charge is 0.350 e. The van der Waals surface area contributed by atoms with Crippen molar-refractivity contribution < 1.29 is 14.4 Å². The molecule has 0 bridgehead atoms. The highest BCUT2D eigenvalue weighted by Gasteiger charge is 2.51. The molecule has 0 saturated carbocycles. The van der Waals surface area contributed by atoms with Gasteiger partial charge in [-0.15, -0.1) is 0 Å². The van der Waals surface area contributed by atoms with E-state index in [2.05, 4.69) is 40.5 Å². The molecule has 190 valence electrons. The van der Waals surface area contributed by atoms with Crippen molar-refractivity contribution in [2.45, 2.75) is 52.2 Å². The number of hydrogen-bond donors (Lipinski definition) is 1. The topological polar surface area (TPSA) is 69.7 Å². The van der Waals surface area contributed by atoms with Gasteiger partial charge in [0.2, 0.25) is 17.7 Å². The van der Waals surface area contributed by atoms with E-state index in [1.807, 2.05) is 58.3 Å². The van der Waals surface area contributed by atoms with Gasteiger partial charge in [0.1, 0.15) is 6.04 Å². The molecular weight excluding hydrogens is 450 g/mol. The number of benzene rings is 2. The van der Waals surface area contributed by atoms with Crippen molar-refractivity contribution in [3.05, 3.63) is 71.8 Å². The lowest BCUT2D eigenvalue weighted by Crippen LogP contribution is -2.50. The molecule has 1 aliphatic carbocycles. The summed E-state index contributed by atoms with van der Waals surface area (Å²) in [6.07, 6.45) is 5.53. The van der Waals surface area contributed by atoms with Crippen molar-refractivity contribution in [1.82, 2.24) is 15.1 Å². The van der Waals surface area contributed by atoms with Gasteiger partial charge in [0, 0.05) is 13.1 Å². The third-order valence-corrected chi connectivity index (χ3v) is 7.08. The Bertz CT molecular complexity index is 1110. The van der Waals surface area contributed by atoms with Crippen LogP contribution in [0.2, 0.25) is 0 Å². The highest BCUT2D eigenvalue weighted by molar-refractivity contribution is 6.08. The number of imide groups is 1. The van der Waals surface area contributed by atoms with E-state index in [0.717, 1.165) is 23.2 Å². The summed E-state index contributed by atoms with van der Waals surface area (Å²) in [4.78, 5) is 43.2. The summed E-state index contributed by atoms with van der Waals surface area (Å²) in [5.74, 6) is -1.17. The Hall–Kier alpha value is -3.25. The van der Waals surface area contributed by atoms with Gasteiger partial charge in [-0.25, -0.2) is 0 Å². The summed E-state index contributed by atoms with van der Waals surface area (Å²) >= 11 is 0. The second kappa shape index (κ2) is 11.2. The molecule has 2 aliphatic rings.